The van der Waals surface area contributed by atoms with Gasteiger partial charge in [0.15, 0.2) is 0 Å². The minimum atomic E-state index is 0.787. The molecule has 0 radical (unpaired) electrons. The third-order valence-corrected chi connectivity index (χ3v) is 5.72. The molecule has 96 valence electrons. The van der Waals surface area contributed by atoms with Crippen molar-refractivity contribution < 1.29 is 0 Å². The maximum atomic E-state index is 4.19. The first-order chi connectivity index (χ1) is 8.92. The Kier molecular flexibility index (Phi) is 2.65. The molecule has 0 aromatic carbocycles. The zero-order valence-electron chi connectivity index (χ0n) is 10.9. The molecule has 4 rings (SSSR count). The van der Waals surface area contributed by atoms with Crippen LogP contribution in [0.3, 0.4) is 0 Å². The SMILES string of the molecule is c1cncc(CN[C@H]2C[C@H]3C[C@@H]2[C@H]2CCC[C@@H]32)c1. The van der Waals surface area contributed by atoms with Gasteiger partial charge in [-0.05, 0) is 61.0 Å². The maximum absolute atomic E-state index is 4.19. The molecule has 3 aliphatic rings. The second kappa shape index (κ2) is 4.34. The third-order valence-electron chi connectivity index (χ3n) is 5.72. The molecule has 2 heteroatoms. The van der Waals surface area contributed by atoms with Gasteiger partial charge in [-0.1, -0.05) is 12.5 Å². The lowest BCUT2D eigenvalue weighted by Crippen LogP contribution is -2.38. The Bertz CT molecular complexity index is 416. The number of fused-ring (bicyclic) bond motifs is 5. The monoisotopic (exact) mass is 242 g/mol. The molecule has 0 aliphatic heterocycles. The number of aromatic nitrogens is 1. The number of rotatable bonds is 3. The first-order valence-corrected chi connectivity index (χ1v) is 7.54. The van der Waals surface area contributed by atoms with Gasteiger partial charge in [0.1, 0.15) is 0 Å². The van der Waals surface area contributed by atoms with E-state index in [9.17, 15) is 0 Å². The molecule has 0 spiro atoms. The van der Waals surface area contributed by atoms with Crippen LogP contribution in [-0.2, 0) is 6.54 Å². The van der Waals surface area contributed by atoms with Gasteiger partial charge in [-0.25, -0.2) is 0 Å². The molecule has 18 heavy (non-hydrogen) atoms. The van der Waals surface area contributed by atoms with Crippen LogP contribution in [0.1, 0.15) is 37.7 Å². The van der Waals surface area contributed by atoms with Crippen LogP contribution in [0, 0.1) is 23.7 Å². The molecule has 3 saturated carbocycles. The summed E-state index contributed by atoms with van der Waals surface area (Å²) in [5.74, 6) is 4.20. The number of hydrogen-bond donors (Lipinski definition) is 1. The molecule has 1 heterocycles. The Morgan fingerprint density at radius 2 is 2.11 bits per heavy atom. The van der Waals surface area contributed by atoms with E-state index in [0.717, 1.165) is 36.3 Å². The number of nitrogens with zero attached hydrogens (tertiary/aromatic N) is 1. The highest BCUT2D eigenvalue weighted by molar-refractivity contribution is 5.10. The lowest BCUT2D eigenvalue weighted by molar-refractivity contribution is 0.208. The summed E-state index contributed by atoms with van der Waals surface area (Å²) in [6.07, 6.45) is 11.3. The highest BCUT2D eigenvalue weighted by atomic mass is 14.9. The molecule has 3 aliphatic carbocycles. The van der Waals surface area contributed by atoms with Crippen LogP contribution in [-0.4, -0.2) is 11.0 Å². The summed E-state index contributed by atoms with van der Waals surface area (Å²) in [5.41, 5.74) is 1.32. The molecule has 2 bridgehead atoms. The number of pyridine rings is 1. The van der Waals surface area contributed by atoms with Gasteiger partial charge in [0.25, 0.3) is 0 Å². The van der Waals surface area contributed by atoms with E-state index in [0.29, 0.717) is 0 Å². The Labute approximate surface area is 109 Å². The Balaban J connectivity index is 1.40. The summed E-state index contributed by atoms with van der Waals surface area (Å²) in [7, 11) is 0. The van der Waals surface area contributed by atoms with Crippen molar-refractivity contribution in [2.24, 2.45) is 23.7 Å². The predicted molar refractivity (Wildman–Crippen MR) is 71.9 cm³/mol. The van der Waals surface area contributed by atoms with Crippen LogP contribution >= 0.6 is 0 Å². The largest absolute Gasteiger partial charge is 0.310 e. The van der Waals surface area contributed by atoms with Gasteiger partial charge in [0.2, 0.25) is 0 Å². The highest BCUT2D eigenvalue weighted by Crippen LogP contribution is 2.58. The van der Waals surface area contributed by atoms with Crippen molar-refractivity contribution in [3.8, 4) is 0 Å². The van der Waals surface area contributed by atoms with Gasteiger partial charge >= 0.3 is 0 Å². The van der Waals surface area contributed by atoms with Crippen LogP contribution in [0.25, 0.3) is 0 Å². The third kappa shape index (κ3) is 1.70. The topological polar surface area (TPSA) is 24.9 Å². The van der Waals surface area contributed by atoms with Crippen molar-refractivity contribution >= 4 is 0 Å². The van der Waals surface area contributed by atoms with Crippen molar-refractivity contribution in [1.29, 1.82) is 0 Å². The quantitative estimate of drug-likeness (QED) is 0.881. The minimum Gasteiger partial charge on any atom is -0.310 e. The molecule has 1 aromatic rings. The zero-order valence-corrected chi connectivity index (χ0v) is 10.9. The van der Waals surface area contributed by atoms with E-state index in [-0.39, 0.29) is 0 Å². The summed E-state index contributed by atoms with van der Waals surface area (Å²) in [6.45, 7) is 0.999. The molecule has 3 fully saturated rings. The molecule has 1 aromatic heterocycles. The zero-order chi connectivity index (χ0) is 11.9. The summed E-state index contributed by atoms with van der Waals surface area (Å²) in [5, 5.41) is 3.80. The van der Waals surface area contributed by atoms with Crippen molar-refractivity contribution in [3.05, 3.63) is 30.1 Å². The average molecular weight is 242 g/mol. The van der Waals surface area contributed by atoms with E-state index >= 15 is 0 Å². The van der Waals surface area contributed by atoms with E-state index < -0.39 is 0 Å². The van der Waals surface area contributed by atoms with Gasteiger partial charge in [-0.15, -0.1) is 0 Å². The number of hydrogen-bond acceptors (Lipinski definition) is 2. The van der Waals surface area contributed by atoms with Crippen LogP contribution < -0.4 is 5.32 Å². The number of nitrogens with one attached hydrogen (secondary N) is 1. The Hall–Kier alpha value is -0.890. The van der Waals surface area contributed by atoms with Gasteiger partial charge < -0.3 is 5.32 Å². The fraction of sp³-hybridized carbons (Fsp3) is 0.688. The molecule has 1 N–H and O–H groups in total. The van der Waals surface area contributed by atoms with Gasteiger partial charge in [0.05, 0.1) is 0 Å². The summed E-state index contributed by atoms with van der Waals surface area (Å²) in [6, 6.07) is 4.99. The summed E-state index contributed by atoms with van der Waals surface area (Å²) < 4.78 is 0. The first kappa shape index (κ1) is 11.0. The standard InChI is InChI=1S/C16H22N2/c1-4-13-12-7-15(14(13)5-1)16(8-12)18-10-11-3-2-6-17-9-11/h2-3,6,9,12-16,18H,1,4-5,7-8,10H2/t12-,13+,14+,15-,16+/m1/s1. The van der Waals surface area contributed by atoms with Crippen LogP contribution in [0.15, 0.2) is 24.5 Å². The van der Waals surface area contributed by atoms with Gasteiger partial charge in [0, 0.05) is 25.0 Å². The van der Waals surface area contributed by atoms with Crippen molar-refractivity contribution in [2.75, 3.05) is 0 Å². The van der Waals surface area contributed by atoms with E-state index in [4.69, 9.17) is 0 Å². The molecule has 0 saturated heterocycles. The summed E-state index contributed by atoms with van der Waals surface area (Å²) >= 11 is 0. The lowest BCUT2D eigenvalue weighted by Gasteiger charge is -2.32. The van der Waals surface area contributed by atoms with Crippen LogP contribution in [0.5, 0.6) is 0 Å². The summed E-state index contributed by atoms with van der Waals surface area (Å²) in [4.78, 5) is 4.19. The maximum Gasteiger partial charge on any atom is 0.0312 e. The van der Waals surface area contributed by atoms with Gasteiger partial charge in [-0.3, -0.25) is 4.98 Å². The second-order valence-electron chi connectivity index (χ2n) is 6.50. The Morgan fingerprint density at radius 1 is 1.17 bits per heavy atom. The molecular formula is C16H22N2. The first-order valence-electron chi connectivity index (χ1n) is 7.54. The predicted octanol–water partition coefficient (Wildman–Crippen LogP) is 3.00. The normalized spacial score (nSPS) is 41.2. The van der Waals surface area contributed by atoms with E-state index in [1.165, 1.54) is 37.7 Å². The minimum absolute atomic E-state index is 0.787. The van der Waals surface area contributed by atoms with E-state index in [1.54, 1.807) is 0 Å². The molecule has 2 nitrogen and oxygen atoms in total. The highest BCUT2D eigenvalue weighted by Gasteiger charge is 2.53. The second-order valence-corrected chi connectivity index (χ2v) is 6.50. The van der Waals surface area contributed by atoms with E-state index in [1.807, 2.05) is 18.5 Å². The fourth-order valence-corrected chi connectivity index (χ4v) is 5.05. The van der Waals surface area contributed by atoms with Crippen LogP contribution in [0.2, 0.25) is 0 Å². The van der Waals surface area contributed by atoms with Crippen molar-refractivity contribution in [1.82, 2.24) is 10.3 Å². The molecule has 5 atom stereocenters. The smallest absolute Gasteiger partial charge is 0.0312 e. The molecular weight excluding hydrogens is 220 g/mol. The fourth-order valence-electron chi connectivity index (χ4n) is 5.05. The molecule has 0 amide bonds. The lowest BCUT2D eigenvalue weighted by atomic mass is 9.79. The van der Waals surface area contributed by atoms with Crippen LogP contribution in [0.4, 0.5) is 0 Å². The van der Waals surface area contributed by atoms with E-state index in [2.05, 4.69) is 16.4 Å². The van der Waals surface area contributed by atoms with Crippen molar-refractivity contribution in [3.63, 3.8) is 0 Å². The average Bonchev–Trinajstić information content (AvgIpc) is 3.09. The van der Waals surface area contributed by atoms with Crippen molar-refractivity contribution in [2.45, 2.75) is 44.7 Å². The molecule has 0 unspecified atom stereocenters. The Morgan fingerprint density at radius 3 is 3.00 bits per heavy atom. The van der Waals surface area contributed by atoms with Gasteiger partial charge in [-0.2, -0.15) is 0 Å².